The molecule has 84 valence electrons. The third-order valence-electron chi connectivity index (χ3n) is 2.46. The van der Waals surface area contributed by atoms with Gasteiger partial charge in [-0.2, -0.15) is 5.10 Å². The number of anilines is 1. The normalized spacial score (nSPS) is 16.7. The lowest BCUT2D eigenvalue weighted by molar-refractivity contribution is 0.450. The molecule has 4 heteroatoms. The summed E-state index contributed by atoms with van der Waals surface area (Å²) in [5, 5.41) is 11.3. The molecule has 1 aliphatic heterocycles. The predicted octanol–water partition coefficient (Wildman–Crippen LogP) is 1.55. The molecule has 0 saturated carbocycles. The van der Waals surface area contributed by atoms with Crippen molar-refractivity contribution < 1.29 is 0 Å². The first-order chi connectivity index (χ1) is 7.36. The van der Waals surface area contributed by atoms with Crippen LogP contribution in [0.2, 0.25) is 0 Å². The van der Waals surface area contributed by atoms with E-state index in [-0.39, 0.29) is 0 Å². The summed E-state index contributed by atoms with van der Waals surface area (Å²) in [6.45, 7) is 6.16. The summed E-state index contributed by atoms with van der Waals surface area (Å²) >= 11 is 0. The molecule has 0 radical (unpaired) electrons. The summed E-state index contributed by atoms with van der Waals surface area (Å²) in [6.07, 6.45) is 2.30. The van der Waals surface area contributed by atoms with E-state index in [0.29, 0.717) is 11.7 Å². The zero-order valence-corrected chi connectivity index (χ0v) is 9.53. The van der Waals surface area contributed by atoms with E-state index in [1.807, 2.05) is 26.0 Å². The molecule has 0 bridgehead atoms. The Hall–Kier alpha value is -1.16. The number of nitrogen functional groups attached to an aromatic ring is 1. The zero-order chi connectivity index (χ0) is 11.1. The molecule has 0 amide bonds. The Balaban J connectivity index is 0.000000531. The lowest BCUT2D eigenvalue weighted by Crippen LogP contribution is -2.27. The van der Waals surface area contributed by atoms with Gasteiger partial charge in [0.05, 0.1) is 5.69 Å². The van der Waals surface area contributed by atoms with E-state index >= 15 is 0 Å². The average Bonchev–Trinajstić information content (AvgIpc) is 2.34. The first-order valence-electron chi connectivity index (χ1n) is 5.66. The monoisotopic (exact) mass is 208 g/mol. The van der Waals surface area contributed by atoms with Gasteiger partial charge in [0.1, 0.15) is 5.82 Å². The van der Waals surface area contributed by atoms with Gasteiger partial charge in [-0.15, -0.1) is 5.10 Å². The van der Waals surface area contributed by atoms with Crippen LogP contribution in [0.5, 0.6) is 0 Å². The number of aromatic nitrogens is 2. The largest absolute Gasteiger partial charge is 0.382 e. The SMILES string of the molecule is CC.Nc1ccc(C2CCNCC2)nn1. The van der Waals surface area contributed by atoms with Crippen LogP contribution in [0, 0.1) is 0 Å². The minimum absolute atomic E-state index is 0.498. The molecule has 4 nitrogen and oxygen atoms in total. The Morgan fingerprint density at radius 3 is 2.40 bits per heavy atom. The number of hydrogen-bond donors (Lipinski definition) is 2. The fourth-order valence-corrected chi connectivity index (χ4v) is 1.69. The van der Waals surface area contributed by atoms with Crippen molar-refractivity contribution in [2.24, 2.45) is 0 Å². The number of nitrogens with two attached hydrogens (primary N) is 1. The van der Waals surface area contributed by atoms with Crippen molar-refractivity contribution in [3.63, 3.8) is 0 Å². The van der Waals surface area contributed by atoms with E-state index in [9.17, 15) is 0 Å². The first kappa shape index (κ1) is 11.9. The molecule has 1 aromatic heterocycles. The molecule has 2 heterocycles. The molecule has 0 aliphatic carbocycles. The van der Waals surface area contributed by atoms with Crippen molar-refractivity contribution in [2.45, 2.75) is 32.6 Å². The van der Waals surface area contributed by atoms with E-state index in [4.69, 9.17) is 5.73 Å². The van der Waals surface area contributed by atoms with Crippen LogP contribution in [0.15, 0.2) is 12.1 Å². The van der Waals surface area contributed by atoms with Crippen LogP contribution in [0.3, 0.4) is 0 Å². The summed E-state index contributed by atoms with van der Waals surface area (Å²) in [4.78, 5) is 0. The Labute approximate surface area is 91.3 Å². The highest BCUT2D eigenvalue weighted by Gasteiger charge is 2.16. The molecule has 0 aromatic carbocycles. The standard InChI is InChI=1S/C9H14N4.C2H6/c10-9-2-1-8(12-13-9)7-3-5-11-6-4-7;1-2/h1-2,7,11H,3-6H2,(H2,10,13);1-2H3. The molecule has 0 atom stereocenters. The second kappa shape index (κ2) is 6.35. The maximum absolute atomic E-state index is 5.47. The maximum Gasteiger partial charge on any atom is 0.146 e. The topological polar surface area (TPSA) is 63.8 Å². The minimum atomic E-state index is 0.498. The van der Waals surface area contributed by atoms with E-state index in [0.717, 1.165) is 31.6 Å². The van der Waals surface area contributed by atoms with Crippen LogP contribution in [0.25, 0.3) is 0 Å². The van der Waals surface area contributed by atoms with Crippen molar-refractivity contribution >= 4 is 5.82 Å². The fraction of sp³-hybridized carbons (Fsp3) is 0.636. The third kappa shape index (κ3) is 3.47. The summed E-state index contributed by atoms with van der Waals surface area (Å²) in [5.74, 6) is 1.06. The highest BCUT2D eigenvalue weighted by atomic mass is 15.1. The highest BCUT2D eigenvalue weighted by Crippen LogP contribution is 2.22. The van der Waals surface area contributed by atoms with Gasteiger partial charge in [0.15, 0.2) is 0 Å². The fourth-order valence-electron chi connectivity index (χ4n) is 1.69. The smallest absolute Gasteiger partial charge is 0.146 e. The average molecular weight is 208 g/mol. The molecule has 15 heavy (non-hydrogen) atoms. The summed E-state index contributed by atoms with van der Waals surface area (Å²) < 4.78 is 0. The van der Waals surface area contributed by atoms with Crippen molar-refractivity contribution in [1.29, 1.82) is 0 Å². The molecule has 1 fully saturated rings. The van der Waals surface area contributed by atoms with E-state index in [2.05, 4.69) is 15.5 Å². The van der Waals surface area contributed by atoms with Crippen LogP contribution >= 0.6 is 0 Å². The maximum atomic E-state index is 5.47. The molecule has 1 aliphatic rings. The summed E-state index contributed by atoms with van der Waals surface area (Å²) in [6, 6.07) is 3.81. The molecule has 3 N–H and O–H groups in total. The number of hydrogen-bond acceptors (Lipinski definition) is 4. The Bertz CT molecular complexity index is 264. The molecule has 1 saturated heterocycles. The van der Waals surface area contributed by atoms with Gasteiger partial charge in [0.25, 0.3) is 0 Å². The predicted molar refractivity (Wildman–Crippen MR) is 62.6 cm³/mol. The van der Waals surface area contributed by atoms with Crippen LogP contribution in [-0.4, -0.2) is 23.3 Å². The Morgan fingerprint density at radius 1 is 1.20 bits per heavy atom. The van der Waals surface area contributed by atoms with Gasteiger partial charge in [-0.05, 0) is 38.1 Å². The van der Waals surface area contributed by atoms with Crippen LogP contribution < -0.4 is 11.1 Å². The van der Waals surface area contributed by atoms with Gasteiger partial charge in [-0.3, -0.25) is 0 Å². The van der Waals surface area contributed by atoms with E-state index < -0.39 is 0 Å². The van der Waals surface area contributed by atoms with Gasteiger partial charge in [0.2, 0.25) is 0 Å². The summed E-state index contributed by atoms with van der Waals surface area (Å²) in [5.41, 5.74) is 6.55. The quantitative estimate of drug-likeness (QED) is 0.735. The van der Waals surface area contributed by atoms with Crippen molar-refractivity contribution in [3.8, 4) is 0 Å². The Morgan fingerprint density at radius 2 is 1.87 bits per heavy atom. The second-order valence-electron chi connectivity index (χ2n) is 3.41. The number of rotatable bonds is 1. The molecule has 1 aromatic rings. The van der Waals surface area contributed by atoms with Crippen LogP contribution in [0.1, 0.15) is 38.3 Å². The molecule has 2 rings (SSSR count). The Kier molecular flexibility index (Phi) is 5.04. The number of nitrogens with zero attached hydrogens (tertiary/aromatic N) is 2. The minimum Gasteiger partial charge on any atom is -0.382 e. The van der Waals surface area contributed by atoms with Crippen LogP contribution in [-0.2, 0) is 0 Å². The van der Waals surface area contributed by atoms with Gasteiger partial charge in [-0.25, -0.2) is 0 Å². The molecule has 0 spiro atoms. The highest BCUT2D eigenvalue weighted by molar-refractivity contribution is 5.26. The van der Waals surface area contributed by atoms with Crippen molar-refractivity contribution in [3.05, 3.63) is 17.8 Å². The molecular weight excluding hydrogens is 188 g/mol. The van der Waals surface area contributed by atoms with Crippen molar-refractivity contribution in [1.82, 2.24) is 15.5 Å². The lowest BCUT2D eigenvalue weighted by atomic mass is 9.94. The summed E-state index contributed by atoms with van der Waals surface area (Å²) in [7, 11) is 0. The van der Waals surface area contributed by atoms with E-state index in [1.54, 1.807) is 0 Å². The number of nitrogens with one attached hydrogen (secondary N) is 1. The third-order valence-corrected chi connectivity index (χ3v) is 2.46. The van der Waals surface area contributed by atoms with Crippen LogP contribution in [0.4, 0.5) is 5.82 Å². The van der Waals surface area contributed by atoms with Gasteiger partial charge in [-0.1, -0.05) is 13.8 Å². The van der Waals surface area contributed by atoms with Gasteiger partial charge in [0, 0.05) is 5.92 Å². The van der Waals surface area contributed by atoms with E-state index in [1.165, 1.54) is 0 Å². The molecular formula is C11H20N4. The van der Waals surface area contributed by atoms with Gasteiger partial charge < -0.3 is 11.1 Å². The second-order valence-corrected chi connectivity index (χ2v) is 3.41. The lowest BCUT2D eigenvalue weighted by Gasteiger charge is -2.21. The number of piperidine rings is 1. The zero-order valence-electron chi connectivity index (χ0n) is 9.53. The molecule has 0 unspecified atom stereocenters. The first-order valence-corrected chi connectivity index (χ1v) is 5.66. The van der Waals surface area contributed by atoms with Crippen molar-refractivity contribution in [2.75, 3.05) is 18.8 Å². The van der Waals surface area contributed by atoms with Gasteiger partial charge >= 0.3 is 0 Å².